The number of hydrogen-bond donors (Lipinski definition) is 2. The zero-order valence-electron chi connectivity index (χ0n) is 15.6. The molecule has 0 spiro atoms. The Kier molecular flexibility index (Phi) is 5.59. The molecule has 2 aromatic rings. The summed E-state index contributed by atoms with van der Waals surface area (Å²) in [5.74, 6) is -5.12. The van der Waals surface area contributed by atoms with Gasteiger partial charge in [-0.2, -0.15) is 5.10 Å². The molecule has 0 aliphatic carbocycles. The minimum atomic E-state index is -3.06. The maximum Gasteiger partial charge on any atom is 0.267 e. The van der Waals surface area contributed by atoms with Crippen molar-refractivity contribution in [2.75, 3.05) is 31.6 Å². The highest BCUT2D eigenvalue weighted by atomic mass is 19.3. The molecule has 0 saturated carbocycles. The van der Waals surface area contributed by atoms with Gasteiger partial charge in [0.1, 0.15) is 5.82 Å². The Labute approximate surface area is 159 Å². The number of rotatable bonds is 6. The highest BCUT2D eigenvalue weighted by Gasteiger charge is 2.43. The molecule has 3 rings (SSSR count). The third kappa shape index (κ3) is 3.68. The molecule has 10 heteroatoms. The van der Waals surface area contributed by atoms with E-state index in [2.05, 4.69) is 15.7 Å². The summed E-state index contributed by atoms with van der Waals surface area (Å²) in [7, 11) is 3.08. The van der Waals surface area contributed by atoms with E-state index in [4.69, 9.17) is 0 Å². The lowest BCUT2D eigenvalue weighted by atomic mass is 9.86. The van der Waals surface area contributed by atoms with Crippen molar-refractivity contribution in [3.05, 3.63) is 23.5 Å². The number of carbonyl (C=O) groups is 2. The van der Waals surface area contributed by atoms with Crippen LogP contribution >= 0.6 is 0 Å². The van der Waals surface area contributed by atoms with Crippen LogP contribution in [0, 0.1) is 5.82 Å². The molecule has 1 aromatic heterocycles. The van der Waals surface area contributed by atoms with Gasteiger partial charge >= 0.3 is 0 Å². The fourth-order valence-electron chi connectivity index (χ4n) is 3.53. The summed E-state index contributed by atoms with van der Waals surface area (Å²) < 4.78 is 44.8. The fraction of sp³-hybridized carbons (Fsp3) is 0.500. The van der Waals surface area contributed by atoms with Crippen LogP contribution in [-0.4, -0.2) is 54.7 Å². The lowest BCUT2D eigenvalue weighted by Gasteiger charge is -2.32. The number of benzene rings is 1. The molecule has 0 bridgehead atoms. The number of halogens is 3. The second-order valence-corrected chi connectivity index (χ2v) is 6.84. The van der Waals surface area contributed by atoms with E-state index in [1.165, 1.54) is 22.7 Å². The Bertz CT molecular complexity index is 899. The molecule has 1 aromatic carbocycles. The fourth-order valence-corrected chi connectivity index (χ4v) is 3.53. The van der Waals surface area contributed by atoms with E-state index in [1.54, 1.807) is 7.05 Å². The third-order valence-corrected chi connectivity index (χ3v) is 5.06. The van der Waals surface area contributed by atoms with E-state index in [0.717, 1.165) is 6.07 Å². The molecule has 2 amide bonds. The lowest BCUT2D eigenvalue weighted by Crippen LogP contribution is -2.44. The molecular weight excluding hydrogens is 375 g/mol. The maximum atomic E-state index is 14.8. The lowest BCUT2D eigenvalue weighted by molar-refractivity contribution is -0.120. The van der Waals surface area contributed by atoms with Crippen LogP contribution in [0.25, 0.3) is 10.9 Å². The number of nitrogens with zero attached hydrogens (tertiary/aromatic N) is 3. The van der Waals surface area contributed by atoms with Crippen LogP contribution < -0.4 is 15.5 Å². The summed E-state index contributed by atoms with van der Waals surface area (Å²) in [6, 6.07) is 2.52. The van der Waals surface area contributed by atoms with Crippen LogP contribution in [0.3, 0.4) is 0 Å². The Morgan fingerprint density at radius 3 is 2.89 bits per heavy atom. The van der Waals surface area contributed by atoms with Gasteiger partial charge in [0.25, 0.3) is 5.92 Å². The quantitative estimate of drug-likeness (QED) is 0.725. The second kappa shape index (κ2) is 7.78. The number of alkyl halides is 2. The monoisotopic (exact) mass is 397 g/mol. The first-order valence-corrected chi connectivity index (χ1v) is 8.95. The van der Waals surface area contributed by atoms with Crippen LogP contribution in [0.15, 0.2) is 12.1 Å². The van der Waals surface area contributed by atoms with E-state index < -0.39 is 24.2 Å². The predicted octanol–water partition coefficient (Wildman–Crippen LogP) is 1.52. The van der Waals surface area contributed by atoms with Gasteiger partial charge in [-0.1, -0.05) is 0 Å². The number of piperidine rings is 1. The largest absolute Gasteiger partial charge is 0.359 e. The van der Waals surface area contributed by atoms with Crippen molar-refractivity contribution in [2.45, 2.75) is 24.7 Å². The SMILES string of the molecule is CNC(=O)CCN(C=O)c1nn(C)c2cc(C3CCNCC3(F)F)c(F)cc12. The normalized spacial score (nSPS) is 18.8. The molecule has 1 aliphatic heterocycles. The first-order valence-electron chi connectivity index (χ1n) is 8.95. The van der Waals surface area contributed by atoms with Crippen molar-refractivity contribution in [3.8, 4) is 0 Å². The van der Waals surface area contributed by atoms with E-state index in [9.17, 15) is 22.8 Å². The van der Waals surface area contributed by atoms with Gasteiger partial charge in [-0.15, -0.1) is 0 Å². The smallest absolute Gasteiger partial charge is 0.267 e. The molecule has 2 heterocycles. The molecule has 152 valence electrons. The second-order valence-electron chi connectivity index (χ2n) is 6.84. The van der Waals surface area contributed by atoms with E-state index in [1.807, 2.05) is 0 Å². The van der Waals surface area contributed by atoms with Crippen molar-refractivity contribution in [1.82, 2.24) is 20.4 Å². The van der Waals surface area contributed by atoms with Gasteiger partial charge in [0.2, 0.25) is 12.3 Å². The average Bonchev–Trinajstić information content (AvgIpc) is 2.97. The molecule has 7 nitrogen and oxygen atoms in total. The summed E-state index contributed by atoms with van der Waals surface area (Å²) in [6.45, 7) is -0.0536. The topological polar surface area (TPSA) is 79.3 Å². The first-order chi connectivity index (χ1) is 13.3. The number of aromatic nitrogens is 2. The predicted molar refractivity (Wildman–Crippen MR) is 97.9 cm³/mol. The average molecular weight is 397 g/mol. The van der Waals surface area contributed by atoms with Gasteiger partial charge in [-0.25, -0.2) is 13.2 Å². The van der Waals surface area contributed by atoms with Gasteiger partial charge in [0.15, 0.2) is 5.82 Å². The molecule has 0 radical (unpaired) electrons. The van der Waals surface area contributed by atoms with Crippen LogP contribution in [0.4, 0.5) is 19.0 Å². The molecule has 1 unspecified atom stereocenters. The van der Waals surface area contributed by atoms with E-state index in [0.29, 0.717) is 23.9 Å². The first kappa shape index (κ1) is 20.1. The highest BCUT2D eigenvalue weighted by molar-refractivity contribution is 5.96. The van der Waals surface area contributed by atoms with Gasteiger partial charge in [-0.3, -0.25) is 19.2 Å². The van der Waals surface area contributed by atoms with Crippen LogP contribution in [0.1, 0.15) is 24.3 Å². The Balaban J connectivity index is 2.01. The summed E-state index contributed by atoms with van der Waals surface area (Å²) in [5, 5.41) is 9.65. The van der Waals surface area contributed by atoms with Crippen molar-refractivity contribution in [1.29, 1.82) is 0 Å². The molecule has 1 fully saturated rings. The number of aryl methyl sites for hydroxylation is 1. The van der Waals surface area contributed by atoms with Crippen molar-refractivity contribution in [2.24, 2.45) is 7.05 Å². The number of nitrogens with one attached hydrogen (secondary N) is 2. The zero-order valence-corrected chi connectivity index (χ0v) is 15.6. The van der Waals surface area contributed by atoms with Crippen LogP contribution in [-0.2, 0) is 16.6 Å². The zero-order chi connectivity index (χ0) is 20.5. The Morgan fingerprint density at radius 2 is 2.25 bits per heavy atom. The summed E-state index contributed by atoms with van der Waals surface area (Å²) >= 11 is 0. The van der Waals surface area contributed by atoms with Crippen molar-refractivity contribution < 1.29 is 22.8 Å². The van der Waals surface area contributed by atoms with Crippen molar-refractivity contribution in [3.63, 3.8) is 0 Å². The minimum Gasteiger partial charge on any atom is -0.359 e. The number of fused-ring (bicyclic) bond motifs is 1. The van der Waals surface area contributed by atoms with Crippen LogP contribution in [0.2, 0.25) is 0 Å². The van der Waals surface area contributed by atoms with Gasteiger partial charge in [0.05, 0.1) is 18.0 Å². The summed E-state index contributed by atoms with van der Waals surface area (Å²) in [4.78, 5) is 24.1. The van der Waals surface area contributed by atoms with Gasteiger partial charge in [0, 0.05) is 32.4 Å². The maximum absolute atomic E-state index is 14.8. The number of anilines is 1. The summed E-state index contributed by atoms with van der Waals surface area (Å²) in [5.41, 5.74) is 0.379. The number of amides is 2. The van der Waals surface area contributed by atoms with Gasteiger partial charge < -0.3 is 10.6 Å². The standard InChI is InChI=1S/C18H22F3N5O2/c1-22-16(28)4-6-26(10-27)17-12-7-14(19)11(8-15(12)25(2)24-17)13-3-5-23-9-18(13,20)21/h7-8,10,13,23H,3-6,9H2,1-2H3,(H,22,28). The van der Waals surface area contributed by atoms with E-state index in [-0.39, 0.29) is 36.7 Å². The minimum absolute atomic E-state index is 0.0508. The highest BCUT2D eigenvalue weighted by Crippen LogP contribution is 2.41. The Morgan fingerprint density at radius 1 is 1.50 bits per heavy atom. The van der Waals surface area contributed by atoms with E-state index >= 15 is 0 Å². The van der Waals surface area contributed by atoms with Crippen LogP contribution in [0.5, 0.6) is 0 Å². The Hall–Kier alpha value is -2.62. The molecular formula is C18H22F3N5O2. The molecule has 2 N–H and O–H groups in total. The van der Waals surface area contributed by atoms with Gasteiger partial charge in [-0.05, 0) is 30.7 Å². The molecule has 1 aliphatic rings. The molecule has 28 heavy (non-hydrogen) atoms. The number of hydrogen-bond acceptors (Lipinski definition) is 4. The summed E-state index contributed by atoms with van der Waals surface area (Å²) in [6.07, 6.45) is 0.680. The molecule has 1 atom stereocenters. The number of carbonyl (C=O) groups excluding carboxylic acids is 2. The molecule has 1 saturated heterocycles. The van der Waals surface area contributed by atoms with Crippen molar-refractivity contribution >= 4 is 29.0 Å². The third-order valence-electron chi connectivity index (χ3n) is 5.06.